The van der Waals surface area contributed by atoms with Gasteiger partial charge in [0.25, 0.3) is 0 Å². The van der Waals surface area contributed by atoms with Crippen molar-refractivity contribution in [2.24, 2.45) is 23.2 Å². The molecule has 5 unspecified atom stereocenters. The summed E-state index contributed by atoms with van der Waals surface area (Å²) in [4.78, 5) is 16.4. The molecule has 5 aliphatic rings. The van der Waals surface area contributed by atoms with Gasteiger partial charge >= 0.3 is 0 Å². The molecule has 2 aromatic rings. The number of alkyl halides is 1. The molecule has 0 aromatic heterocycles. The molecule has 0 spiro atoms. The van der Waals surface area contributed by atoms with Crippen molar-refractivity contribution in [3.8, 4) is 6.07 Å². The lowest BCUT2D eigenvalue weighted by molar-refractivity contribution is -0.133. The second kappa shape index (κ2) is 9.89. The topological polar surface area (TPSA) is 56.1 Å². The number of nitrogens with zero attached hydrogens (tertiary/aromatic N) is 2. The molecule has 2 aromatic carbocycles. The molecule has 5 atom stereocenters. The zero-order valence-electron chi connectivity index (χ0n) is 21.2. The van der Waals surface area contributed by atoms with E-state index in [1.165, 1.54) is 11.1 Å². The van der Waals surface area contributed by atoms with Crippen molar-refractivity contribution in [2.45, 2.75) is 42.5 Å². The second-order valence-electron chi connectivity index (χ2n) is 11.3. The maximum atomic E-state index is 13.9. The van der Waals surface area contributed by atoms with E-state index < -0.39 is 9.74 Å². The van der Waals surface area contributed by atoms with Crippen molar-refractivity contribution in [1.82, 2.24) is 10.2 Å². The fourth-order valence-corrected chi connectivity index (χ4v) is 8.72. The number of carbonyl (C=O) groups excluding carboxylic acids is 1. The highest BCUT2D eigenvalue weighted by atomic mass is 79.9. The van der Waals surface area contributed by atoms with E-state index in [0.717, 1.165) is 44.5 Å². The molecule has 1 saturated carbocycles. The quantitative estimate of drug-likeness (QED) is 0.440. The number of rotatable bonds is 6. The van der Waals surface area contributed by atoms with E-state index in [-0.39, 0.29) is 23.7 Å². The van der Waals surface area contributed by atoms with Crippen LogP contribution >= 0.6 is 15.9 Å². The number of hydrogen-bond acceptors (Lipinski definition) is 3. The van der Waals surface area contributed by atoms with Gasteiger partial charge in [0, 0.05) is 24.9 Å². The number of benzene rings is 2. The Bertz CT molecular complexity index is 1260. The standard InChI is InChI=1S/C32H34BrN3O/c33-32-21-31(22-34,29(25-10-4-6-12-27(25)32)26-11-5-7-13-28(26)32)30(37)35-17-14-23-15-18-36(19-16-23)20-24-8-2-1-3-9-24/h1-13,23,25,27,29H,14-21H2,(H,35,37). The van der Waals surface area contributed by atoms with E-state index in [9.17, 15) is 10.1 Å². The molecular weight excluding hydrogens is 522 g/mol. The van der Waals surface area contributed by atoms with E-state index in [2.05, 4.69) is 105 Å². The van der Waals surface area contributed by atoms with Crippen LogP contribution in [0.1, 0.15) is 48.3 Å². The summed E-state index contributed by atoms with van der Waals surface area (Å²) in [5, 5.41) is 13.8. The highest BCUT2D eigenvalue weighted by Crippen LogP contribution is 2.69. The Morgan fingerprint density at radius 3 is 2.57 bits per heavy atom. The van der Waals surface area contributed by atoms with Gasteiger partial charge in [-0.1, -0.05) is 94.8 Å². The van der Waals surface area contributed by atoms with E-state index in [1.807, 2.05) is 6.07 Å². The molecule has 7 rings (SSSR count). The molecule has 1 aliphatic heterocycles. The molecule has 2 bridgehead atoms. The summed E-state index contributed by atoms with van der Waals surface area (Å²) in [6.45, 7) is 3.85. The highest BCUT2D eigenvalue weighted by Gasteiger charge is 2.66. The van der Waals surface area contributed by atoms with Gasteiger partial charge in [-0.05, 0) is 67.3 Å². The smallest absolute Gasteiger partial charge is 0.241 e. The minimum atomic E-state index is -1.08. The molecule has 0 radical (unpaired) electrons. The van der Waals surface area contributed by atoms with Crippen molar-refractivity contribution in [1.29, 1.82) is 5.26 Å². The zero-order chi connectivity index (χ0) is 25.5. The number of amides is 1. The van der Waals surface area contributed by atoms with Gasteiger partial charge in [0.2, 0.25) is 5.91 Å². The third-order valence-electron chi connectivity index (χ3n) is 9.30. The van der Waals surface area contributed by atoms with Crippen LogP contribution in [0.3, 0.4) is 0 Å². The van der Waals surface area contributed by atoms with Crippen molar-refractivity contribution < 1.29 is 4.79 Å². The summed E-state index contributed by atoms with van der Waals surface area (Å²) in [6.07, 6.45) is 12.4. The number of carbonyl (C=O) groups is 1. The Kier molecular flexibility index (Phi) is 6.59. The first-order chi connectivity index (χ1) is 18.0. The van der Waals surface area contributed by atoms with Crippen LogP contribution in [0.15, 0.2) is 78.9 Å². The fraction of sp³-hybridized carbons (Fsp3) is 0.438. The molecule has 190 valence electrons. The molecule has 4 nitrogen and oxygen atoms in total. The van der Waals surface area contributed by atoms with Crippen molar-refractivity contribution in [2.75, 3.05) is 19.6 Å². The first-order valence-electron chi connectivity index (χ1n) is 13.6. The van der Waals surface area contributed by atoms with Gasteiger partial charge in [-0.25, -0.2) is 0 Å². The van der Waals surface area contributed by atoms with Gasteiger partial charge in [-0.15, -0.1) is 0 Å². The van der Waals surface area contributed by atoms with Crippen LogP contribution in [0, 0.1) is 34.5 Å². The first kappa shape index (κ1) is 24.6. The molecule has 1 N–H and O–H groups in total. The summed E-state index contributed by atoms with van der Waals surface area (Å²) in [6, 6.07) is 21.6. The maximum Gasteiger partial charge on any atom is 0.241 e. The number of halogens is 1. The lowest BCUT2D eigenvalue weighted by Crippen LogP contribution is -2.60. The number of hydrogen-bond donors (Lipinski definition) is 1. The van der Waals surface area contributed by atoms with Gasteiger partial charge in [-0.2, -0.15) is 5.26 Å². The van der Waals surface area contributed by atoms with Crippen LogP contribution in [0.2, 0.25) is 0 Å². The molecule has 4 aliphatic carbocycles. The van der Waals surface area contributed by atoms with E-state index in [4.69, 9.17) is 0 Å². The van der Waals surface area contributed by atoms with E-state index in [0.29, 0.717) is 18.9 Å². The van der Waals surface area contributed by atoms with Crippen molar-refractivity contribution >= 4 is 21.8 Å². The average molecular weight is 557 g/mol. The van der Waals surface area contributed by atoms with Crippen molar-refractivity contribution in [3.05, 3.63) is 95.6 Å². The first-order valence-corrected chi connectivity index (χ1v) is 14.4. The predicted molar refractivity (Wildman–Crippen MR) is 150 cm³/mol. The Morgan fingerprint density at radius 2 is 1.78 bits per heavy atom. The van der Waals surface area contributed by atoms with Crippen molar-refractivity contribution in [3.63, 3.8) is 0 Å². The number of likely N-dealkylation sites (tertiary alicyclic amines) is 1. The molecule has 37 heavy (non-hydrogen) atoms. The Balaban J connectivity index is 1.12. The molecular formula is C32H34BrN3O. The molecule has 1 amide bonds. The fourth-order valence-electron chi connectivity index (χ4n) is 7.46. The summed E-state index contributed by atoms with van der Waals surface area (Å²) in [7, 11) is 0. The van der Waals surface area contributed by atoms with Gasteiger partial charge < -0.3 is 5.32 Å². The zero-order valence-corrected chi connectivity index (χ0v) is 22.7. The highest BCUT2D eigenvalue weighted by molar-refractivity contribution is 9.09. The van der Waals surface area contributed by atoms with Gasteiger partial charge in [0.15, 0.2) is 0 Å². The summed E-state index contributed by atoms with van der Waals surface area (Å²) >= 11 is 4.10. The molecule has 1 heterocycles. The molecule has 5 heteroatoms. The molecule has 2 fully saturated rings. The van der Waals surface area contributed by atoms with Gasteiger partial charge in [0.05, 0.1) is 10.4 Å². The lowest BCUT2D eigenvalue weighted by atomic mass is 9.46. The third kappa shape index (κ3) is 4.19. The maximum absolute atomic E-state index is 13.9. The third-order valence-corrected chi connectivity index (χ3v) is 10.5. The molecule has 1 saturated heterocycles. The summed E-state index contributed by atoms with van der Waals surface area (Å²) in [5.74, 6) is 0.758. The largest absolute Gasteiger partial charge is 0.355 e. The van der Waals surface area contributed by atoms with Crippen LogP contribution < -0.4 is 5.32 Å². The number of fused-ring (bicyclic) bond motifs is 1. The minimum Gasteiger partial charge on any atom is -0.355 e. The summed E-state index contributed by atoms with van der Waals surface area (Å²) in [5.41, 5.74) is 2.68. The van der Waals surface area contributed by atoms with Gasteiger partial charge in [-0.3, -0.25) is 9.69 Å². The number of piperidine rings is 1. The number of allylic oxidation sites excluding steroid dienone is 4. The minimum absolute atomic E-state index is 0.0961. The lowest BCUT2D eigenvalue weighted by Gasteiger charge is -2.59. The monoisotopic (exact) mass is 555 g/mol. The number of nitriles is 1. The Hall–Kier alpha value is -2.68. The van der Waals surface area contributed by atoms with Crippen LogP contribution in [-0.2, 0) is 15.7 Å². The Morgan fingerprint density at radius 1 is 1.05 bits per heavy atom. The van der Waals surface area contributed by atoms with Gasteiger partial charge in [0.1, 0.15) is 5.41 Å². The van der Waals surface area contributed by atoms with Crippen LogP contribution in [0.4, 0.5) is 0 Å². The Labute approximate surface area is 228 Å². The van der Waals surface area contributed by atoms with E-state index >= 15 is 0 Å². The van der Waals surface area contributed by atoms with E-state index in [1.54, 1.807) is 0 Å². The average Bonchev–Trinajstić information content (AvgIpc) is 2.94. The number of nitrogens with one attached hydrogen (secondary N) is 1. The van der Waals surface area contributed by atoms with Crippen LogP contribution in [-0.4, -0.2) is 30.4 Å². The predicted octanol–water partition coefficient (Wildman–Crippen LogP) is 6.06. The van der Waals surface area contributed by atoms with Crippen LogP contribution in [0.5, 0.6) is 0 Å². The SMILES string of the molecule is N#CC1(C(=O)NCCC2CCN(Cc3ccccc3)CC2)CC2(Br)c3ccccc3C1C1C=CC=CC12. The normalized spacial score (nSPS) is 32.4. The summed E-state index contributed by atoms with van der Waals surface area (Å²) < 4.78 is -0.414. The van der Waals surface area contributed by atoms with Crippen LogP contribution in [0.25, 0.3) is 0 Å². The second-order valence-corrected chi connectivity index (χ2v) is 12.7.